The highest BCUT2D eigenvalue weighted by molar-refractivity contribution is 9.10. The van der Waals surface area contributed by atoms with Crippen LogP contribution in [0.4, 0.5) is 5.69 Å². The van der Waals surface area contributed by atoms with Crippen molar-refractivity contribution in [3.63, 3.8) is 0 Å². The van der Waals surface area contributed by atoms with Crippen molar-refractivity contribution in [2.45, 2.75) is 13.0 Å². The van der Waals surface area contributed by atoms with Crippen molar-refractivity contribution in [2.24, 2.45) is 4.99 Å². The molecule has 0 aliphatic carbocycles. The normalized spacial score (nSPS) is 11.8. The van der Waals surface area contributed by atoms with E-state index in [4.69, 9.17) is 9.73 Å². The zero-order chi connectivity index (χ0) is 16.8. The van der Waals surface area contributed by atoms with Crippen LogP contribution in [0.15, 0.2) is 69.4 Å². The number of nitrogens with zero attached hydrogens (tertiary/aromatic N) is 2. The van der Waals surface area contributed by atoms with E-state index >= 15 is 0 Å². The van der Waals surface area contributed by atoms with Gasteiger partial charge in [0.25, 0.3) is 0 Å². The van der Waals surface area contributed by atoms with Crippen LogP contribution < -0.4 is 4.80 Å². The van der Waals surface area contributed by atoms with Gasteiger partial charge in [-0.1, -0.05) is 42.5 Å². The van der Waals surface area contributed by atoms with Crippen molar-refractivity contribution in [1.82, 2.24) is 4.57 Å². The number of halogens is 1. The quantitative estimate of drug-likeness (QED) is 0.517. The van der Waals surface area contributed by atoms with Gasteiger partial charge in [-0.25, -0.2) is 4.99 Å². The summed E-state index contributed by atoms with van der Waals surface area (Å²) in [5, 5.41) is 2.18. The first-order valence-electron chi connectivity index (χ1n) is 7.81. The van der Waals surface area contributed by atoms with E-state index in [1.165, 1.54) is 11.3 Å². The molecular weight excluding hydrogens is 384 g/mol. The molecule has 124 valence electrons. The lowest BCUT2D eigenvalue weighted by atomic mass is 10.2. The summed E-state index contributed by atoms with van der Waals surface area (Å²) in [5.74, 6) is 0. The number of hydrogen-bond acceptors (Lipinski definition) is 3. The van der Waals surface area contributed by atoms with Crippen LogP contribution in [0.25, 0.3) is 11.3 Å². The lowest BCUT2D eigenvalue weighted by Crippen LogP contribution is -2.17. The summed E-state index contributed by atoms with van der Waals surface area (Å²) in [4.78, 5) is 5.86. The Labute approximate surface area is 154 Å². The van der Waals surface area contributed by atoms with Gasteiger partial charge in [-0.15, -0.1) is 11.3 Å². The number of ether oxygens (including phenoxy) is 1. The van der Waals surface area contributed by atoms with Crippen LogP contribution in [0.1, 0.15) is 6.42 Å². The molecule has 0 saturated carbocycles. The van der Waals surface area contributed by atoms with Crippen LogP contribution in [-0.4, -0.2) is 18.3 Å². The van der Waals surface area contributed by atoms with E-state index in [1.54, 1.807) is 18.4 Å². The Bertz CT molecular complexity index is 855. The number of aromatic nitrogens is 1. The van der Waals surface area contributed by atoms with Gasteiger partial charge in [0, 0.05) is 30.1 Å². The Morgan fingerprint density at radius 2 is 1.83 bits per heavy atom. The van der Waals surface area contributed by atoms with Gasteiger partial charge < -0.3 is 9.30 Å². The Balaban J connectivity index is 2.06. The molecule has 0 radical (unpaired) electrons. The molecular formula is C19H19BrN2OS. The maximum absolute atomic E-state index is 5.21. The van der Waals surface area contributed by atoms with Gasteiger partial charge in [0.2, 0.25) is 0 Å². The maximum atomic E-state index is 5.21. The second-order valence-corrected chi connectivity index (χ2v) is 7.02. The largest absolute Gasteiger partial charge is 0.385 e. The Morgan fingerprint density at radius 3 is 2.58 bits per heavy atom. The predicted octanol–water partition coefficient (Wildman–Crippen LogP) is 5.25. The Hall–Kier alpha value is -1.69. The molecule has 0 unspecified atom stereocenters. The summed E-state index contributed by atoms with van der Waals surface area (Å²) in [6.07, 6.45) is 0.955. The number of thiazole rings is 1. The van der Waals surface area contributed by atoms with Crippen LogP contribution in [0.2, 0.25) is 0 Å². The summed E-state index contributed by atoms with van der Waals surface area (Å²) >= 11 is 5.24. The van der Waals surface area contributed by atoms with Crippen molar-refractivity contribution < 1.29 is 4.74 Å². The summed E-state index contributed by atoms with van der Waals surface area (Å²) < 4.78 is 8.49. The molecule has 5 heteroatoms. The van der Waals surface area contributed by atoms with E-state index in [1.807, 2.05) is 30.3 Å². The van der Waals surface area contributed by atoms with E-state index in [0.717, 1.165) is 34.5 Å². The molecule has 24 heavy (non-hydrogen) atoms. The minimum Gasteiger partial charge on any atom is -0.385 e. The first-order valence-corrected chi connectivity index (χ1v) is 9.49. The minimum atomic E-state index is 0.742. The van der Waals surface area contributed by atoms with Crippen molar-refractivity contribution >= 4 is 33.0 Å². The fourth-order valence-corrected chi connectivity index (χ4v) is 3.81. The summed E-state index contributed by atoms with van der Waals surface area (Å²) in [6.45, 7) is 1.62. The molecule has 0 saturated heterocycles. The summed E-state index contributed by atoms with van der Waals surface area (Å²) in [6, 6.07) is 18.5. The number of para-hydroxylation sites is 1. The zero-order valence-electron chi connectivity index (χ0n) is 13.5. The van der Waals surface area contributed by atoms with Crippen LogP contribution in [0, 0.1) is 0 Å². The van der Waals surface area contributed by atoms with E-state index in [2.05, 4.69) is 50.1 Å². The zero-order valence-corrected chi connectivity index (χ0v) is 15.9. The van der Waals surface area contributed by atoms with Gasteiger partial charge >= 0.3 is 0 Å². The van der Waals surface area contributed by atoms with Crippen LogP contribution >= 0.6 is 27.3 Å². The number of rotatable bonds is 6. The van der Waals surface area contributed by atoms with Crippen LogP contribution in [0.5, 0.6) is 0 Å². The van der Waals surface area contributed by atoms with E-state index in [-0.39, 0.29) is 0 Å². The molecule has 3 rings (SSSR count). The topological polar surface area (TPSA) is 26.5 Å². The molecule has 1 heterocycles. The third kappa shape index (κ3) is 4.04. The van der Waals surface area contributed by atoms with E-state index in [9.17, 15) is 0 Å². The summed E-state index contributed by atoms with van der Waals surface area (Å²) in [5.41, 5.74) is 3.35. The minimum absolute atomic E-state index is 0.742. The molecule has 3 nitrogen and oxygen atoms in total. The number of methoxy groups -OCH3 is 1. The molecule has 2 aromatic carbocycles. The first kappa shape index (κ1) is 17.1. The molecule has 0 aliphatic rings. The van der Waals surface area contributed by atoms with Crippen molar-refractivity contribution in [3.8, 4) is 11.3 Å². The van der Waals surface area contributed by atoms with E-state index in [0.29, 0.717) is 0 Å². The SMILES string of the molecule is COCCCn1c(-c2ccccc2)csc1=Nc1ccccc1Br. The third-order valence-corrected chi connectivity index (χ3v) is 5.20. The third-order valence-electron chi connectivity index (χ3n) is 3.67. The molecule has 0 spiro atoms. The molecule has 0 bridgehead atoms. The molecule has 0 aliphatic heterocycles. The smallest absolute Gasteiger partial charge is 0.190 e. The summed E-state index contributed by atoms with van der Waals surface area (Å²) in [7, 11) is 1.74. The fraction of sp³-hybridized carbons (Fsp3) is 0.211. The van der Waals surface area contributed by atoms with Gasteiger partial charge in [0.1, 0.15) is 0 Å². The second kappa shape index (κ2) is 8.42. The molecule has 0 N–H and O–H groups in total. The van der Waals surface area contributed by atoms with Crippen LogP contribution in [-0.2, 0) is 11.3 Å². The molecule has 1 aromatic heterocycles. The van der Waals surface area contributed by atoms with Gasteiger partial charge in [-0.05, 0) is 40.0 Å². The Kier molecular flexibility index (Phi) is 6.01. The Morgan fingerprint density at radius 1 is 1.08 bits per heavy atom. The van der Waals surface area contributed by atoms with E-state index < -0.39 is 0 Å². The van der Waals surface area contributed by atoms with Gasteiger partial charge in [0.05, 0.1) is 11.4 Å². The van der Waals surface area contributed by atoms with Gasteiger partial charge in [0.15, 0.2) is 4.80 Å². The molecule has 0 atom stereocenters. The lowest BCUT2D eigenvalue weighted by Gasteiger charge is -2.09. The van der Waals surface area contributed by atoms with Crippen molar-refractivity contribution in [3.05, 3.63) is 69.3 Å². The lowest BCUT2D eigenvalue weighted by molar-refractivity contribution is 0.190. The number of benzene rings is 2. The van der Waals surface area contributed by atoms with Crippen LogP contribution in [0.3, 0.4) is 0 Å². The average molecular weight is 403 g/mol. The molecule has 0 fully saturated rings. The van der Waals surface area contributed by atoms with Gasteiger partial charge in [-0.2, -0.15) is 0 Å². The highest BCUT2D eigenvalue weighted by Gasteiger charge is 2.08. The highest BCUT2D eigenvalue weighted by atomic mass is 79.9. The molecule has 3 aromatic rings. The maximum Gasteiger partial charge on any atom is 0.190 e. The first-order chi connectivity index (χ1) is 11.8. The second-order valence-electron chi connectivity index (χ2n) is 5.33. The number of hydrogen-bond donors (Lipinski definition) is 0. The van der Waals surface area contributed by atoms with Crippen molar-refractivity contribution in [2.75, 3.05) is 13.7 Å². The average Bonchev–Trinajstić information content (AvgIpc) is 3.01. The standard InChI is InChI=1S/C19H19BrN2OS/c1-23-13-7-12-22-18(15-8-3-2-4-9-15)14-24-19(22)21-17-11-6-5-10-16(17)20/h2-6,8-11,14H,7,12-13H2,1H3. The fourth-order valence-electron chi connectivity index (χ4n) is 2.49. The molecule has 0 amide bonds. The van der Waals surface area contributed by atoms with Gasteiger partial charge in [-0.3, -0.25) is 0 Å². The highest BCUT2D eigenvalue weighted by Crippen LogP contribution is 2.25. The predicted molar refractivity (Wildman–Crippen MR) is 104 cm³/mol. The monoisotopic (exact) mass is 402 g/mol. The van der Waals surface area contributed by atoms with Crippen molar-refractivity contribution in [1.29, 1.82) is 0 Å².